The monoisotopic (exact) mass is 1080 g/mol. The van der Waals surface area contributed by atoms with Crippen LogP contribution in [0, 0.1) is 5.92 Å². The number of hydrogen-bond acceptors (Lipinski definition) is 12. The molecule has 0 aromatic carbocycles. The highest BCUT2D eigenvalue weighted by Crippen LogP contribution is 2.50. The van der Waals surface area contributed by atoms with Crippen LogP contribution in [0.5, 0.6) is 0 Å². The normalized spacial score (nSPS) is 16.9. The zero-order valence-corrected chi connectivity index (χ0v) is 33.1. The molecule has 0 spiro atoms. The van der Waals surface area contributed by atoms with Gasteiger partial charge in [0.1, 0.15) is 48.3 Å². The van der Waals surface area contributed by atoms with Crippen molar-refractivity contribution in [2.45, 2.75) is 103 Å². The summed E-state index contributed by atoms with van der Waals surface area (Å²) in [5.74, 6) is -47.0. The van der Waals surface area contributed by atoms with Gasteiger partial charge in [-0.25, -0.2) is 8.42 Å². The molecule has 0 aliphatic heterocycles. The molecule has 0 heterocycles. The van der Waals surface area contributed by atoms with E-state index in [0.29, 0.717) is 20.8 Å². The summed E-state index contributed by atoms with van der Waals surface area (Å²) in [5.41, 5.74) is 0. The van der Waals surface area contributed by atoms with E-state index in [2.05, 4.69) is 28.4 Å². The molecule has 0 N–H and O–H groups in total. The van der Waals surface area contributed by atoms with Crippen LogP contribution in [0.25, 0.3) is 0 Å². The van der Waals surface area contributed by atoms with Crippen molar-refractivity contribution in [2.24, 2.45) is 5.92 Å². The predicted octanol–water partition coefficient (Wildman–Crippen LogP) is 6.72. The summed E-state index contributed by atoms with van der Waals surface area (Å²) < 4.78 is 317. The number of carbonyl (C=O) groups is 3. The summed E-state index contributed by atoms with van der Waals surface area (Å²) in [4.78, 5) is 38.4. The summed E-state index contributed by atoms with van der Waals surface area (Å²) in [6.07, 6.45) is -22.0. The molecule has 5 atom stereocenters. The maximum atomic E-state index is 13.7. The second kappa shape index (κ2) is 20.6. The first kappa shape index (κ1) is 58.5. The van der Waals surface area contributed by atoms with E-state index in [1.165, 1.54) is 0 Å². The number of rotatable bonds is 25. The van der Waals surface area contributed by atoms with E-state index in [1.807, 2.05) is 0 Å². The number of hydrogen-bond donors (Lipinski definition) is 0. The SMILES string of the molecule is CC(COCC(F)(F)C(F)(F)C(F)(F)I)OC(=O)CC(C(=O)OC(C)COCC(F)(F)C(F)(F)C(F)(F)F)C(C(=O)OC(C)COCC(F)(F)C(F)(F)C(F)(F)F)S(=O)(=O)[O-]. The van der Waals surface area contributed by atoms with Crippen LogP contribution in [0.1, 0.15) is 27.2 Å². The Bertz CT molecular complexity index is 1590. The fourth-order valence-corrected chi connectivity index (χ4v) is 5.15. The van der Waals surface area contributed by atoms with Gasteiger partial charge in [0.25, 0.3) is 0 Å². The van der Waals surface area contributed by atoms with Crippen molar-refractivity contribution in [1.29, 1.82) is 0 Å². The molecule has 0 saturated heterocycles. The van der Waals surface area contributed by atoms with Crippen molar-refractivity contribution in [3.05, 3.63) is 0 Å². The summed E-state index contributed by atoms with van der Waals surface area (Å²) in [6.45, 7) is -10.9. The van der Waals surface area contributed by atoms with E-state index < -0.39 is 155 Å². The Morgan fingerprint density at radius 3 is 1.11 bits per heavy atom. The van der Waals surface area contributed by atoms with Crippen LogP contribution in [-0.4, -0.2) is 146 Å². The largest absolute Gasteiger partial charge is 0.747 e. The lowest BCUT2D eigenvalue weighted by molar-refractivity contribution is -0.361. The van der Waals surface area contributed by atoms with Crippen molar-refractivity contribution in [2.75, 3.05) is 39.6 Å². The first-order valence-corrected chi connectivity index (χ1v) is 18.1. The third kappa shape index (κ3) is 15.6. The first-order valence-electron chi connectivity index (χ1n) is 15.6. The second-order valence-corrected chi connectivity index (χ2v) is 15.2. The van der Waals surface area contributed by atoms with E-state index >= 15 is 0 Å². The van der Waals surface area contributed by atoms with Gasteiger partial charge in [-0.1, -0.05) is 0 Å². The molecule has 0 rings (SSSR count). The molecule has 362 valence electrons. The van der Waals surface area contributed by atoms with Gasteiger partial charge >= 0.3 is 69.7 Å². The number of alkyl halides is 21. The van der Waals surface area contributed by atoms with Crippen LogP contribution >= 0.6 is 22.6 Å². The van der Waals surface area contributed by atoms with Gasteiger partial charge in [0, 0.05) is 22.6 Å². The predicted molar refractivity (Wildman–Crippen MR) is 161 cm³/mol. The van der Waals surface area contributed by atoms with Gasteiger partial charge in [-0.3, -0.25) is 14.4 Å². The zero-order valence-electron chi connectivity index (χ0n) is 30.1. The van der Waals surface area contributed by atoms with Gasteiger partial charge < -0.3 is 33.0 Å². The standard InChI is InChI=1S/C27H29F20IO12S/c1-11(5-55-10-21(32,33)24(38,39)27(46,47)48)58-15(49)4-14(17(50)59-12(2)6-56-8-19(28,29)22(34,35)25(40,41)42)16(61(52,53)54)18(51)60-13(3)7-57-9-20(30,31)23(36,37)26(43,44)45/h11-14,16H,4-10H2,1-3H3,(H,52,53,54)/p-1. The Morgan fingerprint density at radius 1 is 0.525 bits per heavy atom. The lowest BCUT2D eigenvalue weighted by Gasteiger charge is -2.30. The second-order valence-electron chi connectivity index (χ2n) is 12.4. The quantitative estimate of drug-likeness (QED) is 0.0238. The zero-order chi connectivity index (χ0) is 48.8. The Hall–Kier alpha value is -2.47. The minimum absolute atomic E-state index is 0.320. The van der Waals surface area contributed by atoms with Crippen molar-refractivity contribution in [3.63, 3.8) is 0 Å². The Morgan fingerprint density at radius 2 is 0.820 bits per heavy atom. The van der Waals surface area contributed by atoms with Crippen molar-refractivity contribution in [1.82, 2.24) is 0 Å². The molecule has 0 aromatic heterocycles. The molecule has 0 amide bonds. The highest BCUT2D eigenvalue weighted by Gasteiger charge is 2.74. The van der Waals surface area contributed by atoms with Crippen LogP contribution < -0.4 is 0 Å². The van der Waals surface area contributed by atoms with Crippen molar-refractivity contribution in [3.8, 4) is 0 Å². The molecule has 0 bridgehead atoms. The first-order chi connectivity index (χ1) is 26.8. The number of carbonyl (C=O) groups excluding carboxylic acids is 3. The van der Waals surface area contributed by atoms with E-state index in [1.54, 1.807) is 0 Å². The molecular formula is C27H28F20IO12S-. The van der Waals surface area contributed by atoms with Crippen LogP contribution in [-0.2, 0) is 52.9 Å². The highest BCUT2D eigenvalue weighted by atomic mass is 127. The number of halogens is 21. The molecule has 61 heavy (non-hydrogen) atoms. The van der Waals surface area contributed by atoms with Gasteiger partial charge in [-0.2, -0.15) is 87.8 Å². The fourth-order valence-electron chi connectivity index (χ4n) is 3.86. The smallest absolute Gasteiger partial charge is 0.459 e. The third-order valence-corrected chi connectivity index (χ3v) is 8.74. The average molecular weight is 1080 g/mol. The summed E-state index contributed by atoms with van der Waals surface area (Å²) >= 11 is -0.320. The molecular weight excluding hydrogens is 1060 g/mol. The number of esters is 3. The van der Waals surface area contributed by atoms with Crippen LogP contribution in [0.4, 0.5) is 87.8 Å². The Labute approximate surface area is 342 Å². The number of ether oxygens (including phenoxy) is 6. The molecule has 0 fully saturated rings. The fraction of sp³-hybridized carbons (Fsp3) is 0.889. The van der Waals surface area contributed by atoms with Crippen molar-refractivity contribution >= 4 is 50.6 Å². The molecule has 34 heteroatoms. The van der Waals surface area contributed by atoms with Crippen LogP contribution in [0.2, 0.25) is 0 Å². The van der Waals surface area contributed by atoms with Gasteiger partial charge in [0.15, 0.2) is 5.25 Å². The van der Waals surface area contributed by atoms with E-state index in [9.17, 15) is 115 Å². The van der Waals surface area contributed by atoms with Crippen LogP contribution in [0.15, 0.2) is 0 Å². The maximum Gasteiger partial charge on any atom is 0.459 e. The summed E-state index contributed by atoms with van der Waals surface area (Å²) in [5, 5.41) is -3.63. The summed E-state index contributed by atoms with van der Waals surface area (Å²) in [7, 11) is -6.45. The molecule has 5 unspecified atom stereocenters. The van der Waals surface area contributed by atoms with E-state index in [-0.39, 0.29) is 22.6 Å². The molecule has 0 radical (unpaired) electrons. The van der Waals surface area contributed by atoms with Crippen molar-refractivity contribution < 1.29 is 144 Å². The minimum Gasteiger partial charge on any atom is -0.747 e. The Balaban J connectivity index is 6.34. The topological polar surface area (TPSA) is 164 Å². The molecule has 0 aliphatic carbocycles. The van der Waals surface area contributed by atoms with Gasteiger partial charge in [-0.15, -0.1) is 0 Å². The van der Waals surface area contributed by atoms with Crippen LogP contribution in [0.3, 0.4) is 0 Å². The average Bonchev–Trinajstić information content (AvgIpc) is 3.01. The van der Waals surface area contributed by atoms with Gasteiger partial charge in [-0.05, 0) is 20.8 Å². The third-order valence-electron chi connectivity index (χ3n) is 6.92. The lowest BCUT2D eigenvalue weighted by Crippen LogP contribution is -2.54. The summed E-state index contributed by atoms with van der Waals surface area (Å²) in [6, 6.07) is 0. The molecule has 12 nitrogen and oxygen atoms in total. The lowest BCUT2D eigenvalue weighted by atomic mass is 10.0. The Kier molecular flexibility index (Phi) is 19.7. The molecule has 0 aromatic rings. The highest BCUT2D eigenvalue weighted by molar-refractivity contribution is 14.1. The molecule has 0 saturated carbocycles. The van der Waals surface area contributed by atoms with E-state index in [4.69, 9.17) is 0 Å². The molecule has 0 aliphatic rings. The maximum absolute atomic E-state index is 13.7. The van der Waals surface area contributed by atoms with Gasteiger partial charge in [0.05, 0.1) is 32.2 Å². The van der Waals surface area contributed by atoms with Gasteiger partial charge in [0.2, 0.25) is 0 Å². The van der Waals surface area contributed by atoms with E-state index in [0.717, 1.165) is 0 Å². The minimum atomic E-state index is -6.83.